The van der Waals surface area contributed by atoms with Gasteiger partial charge in [0.1, 0.15) is 22.9 Å². The third-order valence-corrected chi connectivity index (χ3v) is 13.2. The number of halogens is 1. The minimum absolute atomic E-state index is 0.0212. The van der Waals surface area contributed by atoms with Gasteiger partial charge in [-0.05, 0) is 81.3 Å². The van der Waals surface area contributed by atoms with Crippen LogP contribution in [0.3, 0.4) is 0 Å². The Balaban J connectivity index is 0.772. The summed E-state index contributed by atoms with van der Waals surface area (Å²) in [5.41, 5.74) is 6.18. The Morgan fingerprint density at radius 1 is 0.889 bits per heavy atom. The molecule has 1 aliphatic heterocycles. The second kappa shape index (κ2) is 20.1. The smallest absolute Gasteiger partial charge is 0.261 e. The number of aryl methyl sites for hydroxylation is 3. The number of nitriles is 1. The quantitative estimate of drug-likeness (QED) is 0.0671. The fourth-order valence-corrected chi connectivity index (χ4v) is 9.52. The molecule has 6 aromatic rings. The number of aromatic amines is 1. The molecule has 2 amide bonds. The third kappa shape index (κ3) is 10.3. The SMILES string of the molecule is Cc1sc2c(c1C)C(c1ccc(Cl)cc1)=N[C@@H](CC(=O)NCCOCCOCCOCCNC(=O)c1ccc(S(=O)(=O)Nc3ccc(C)c4c(C#N)c[nH]c34)cc1)c1nnc(C)n1-2. The van der Waals surface area contributed by atoms with Gasteiger partial charge in [0.05, 0.1) is 73.4 Å². The normalized spacial score (nSPS) is 13.5. The van der Waals surface area contributed by atoms with E-state index in [9.17, 15) is 23.3 Å². The van der Waals surface area contributed by atoms with Crippen LogP contribution >= 0.6 is 22.9 Å². The zero-order valence-corrected chi connectivity index (χ0v) is 37.5. The number of sulfonamides is 1. The Labute approximate surface area is 373 Å². The van der Waals surface area contributed by atoms with Crippen LogP contribution in [-0.4, -0.2) is 98.4 Å². The van der Waals surface area contributed by atoms with Crippen molar-refractivity contribution in [2.45, 2.75) is 45.1 Å². The third-order valence-electron chi connectivity index (χ3n) is 10.4. The molecular formula is C44H46ClN9O7S2. The summed E-state index contributed by atoms with van der Waals surface area (Å²) < 4.78 is 47.6. The summed E-state index contributed by atoms with van der Waals surface area (Å²) in [5, 5.41) is 26.2. The summed E-state index contributed by atoms with van der Waals surface area (Å²) in [6, 6.07) is 18.1. The summed E-state index contributed by atoms with van der Waals surface area (Å²) in [6.07, 6.45) is 1.62. The van der Waals surface area contributed by atoms with E-state index in [1.807, 2.05) is 42.7 Å². The molecule has 3 aromatic carbocycles. The second-order valence-electron chi connectivity index (χ2n) is 14.7. The fourth-order valence-electron chi connectivity index (χ4n) is 7.11. The molecule has 0 spiro atoms. The van der Waals surface area contributed by atoms with E-state index < -0.39 is 16.1 Å². The molecule has 3 aromatic heterocycles. The van der Waals surface area contributed by atoms with Crippen LogP contribution in [0.25, 0.3) is 15.9 Å². The highest BCUT2D eigenvalue weighted by Crippen LogP contribution is 2.39. The summed E-state index contributed by atoms with van der Waals surface area (Å²) in [6.45, 7) is 10.3. The first-order chi connectivity index (χ1) is 30.4. The predicted octanol–water partition coefficient (Wildman–Crippen LogP) is 6.25. The number of carbonyl (C=O) groups is 2. The maximum Gasteiger partial charge on any atom is 0.261 e. The van der Waals surface area contributed by atoms with E-state index in [-0.39, 0.29) is 36.3 Å². The lowest BCUT2D eigenvalue weighted by atomic mass is 9.99. The van der Waals surface area contributed by atoms with E-state index in [2.05, 4.69) is 50.5 Å². The van der Waals surface area contributed by atoms with Crippen molar-refractivity contribution in [2.24, 2.45) is 4.99 Å². The van der Waals surface area contributed by atoms with E-state index in [4.69, 9.17) is 30.8 Å². The lowest BCUT2D eigenvalue weighted by Gasteiger charge is -2.13. The van der Waals surface area contributed by atoms with Gasteiger partial charge in [0, 0.05) is 51.3 Å². The number of benzene rings is 3. The molecule has 0 fully saturated rings. The highest BCUT2D eigenvalue weighted by atomic mass is 35.5. The molecular weight excluding hydrogens is 866 g/mol. The highest BCUT2D eigenvalue weighted by Gasteiger charge is 2.32. The Bertz CT molecular complexity index is 2810. The monoisotopic (exact) mass is 911 g/mol. The summed E-state index contributed by atoms with van der Waals surface area (Å²) in [7, 11) is -3.98. The first-order valence-electron chi connectivity index (χ1n) is 20.1. The maximum atomic E-state index is 13.2. The number of H-pyrrole nitrogens is 1. The van der Waals surface area contributed by atoms with Crippen molar-refractivity contribution in [3.63, 3.8) is 0 Å². The summed E-state index contributed by atoms with van der Waals surface area (Å²) in [4.78, 5) is 35.1. The van der Waals surface area contributed by atoms with Gasteiger partial charge in [-0.3, -0.25) is 23.9 Å². The van der Waals surface area contributed by atoms with Crippen LogP contribution in [-0.2, 0) is 29.0 Å². The van der Waals surface area contributed by atoms with Gasteiger partial charge in [-0.1, -0.05) is 29.8 Å². The molecule has 0 unspecified atom stereocenters. The molecule has 19 heteroatoms. The van der Waals surface area contributed by atoms with Crippen molar-refractivity contribution in [1.29, 1.82) is 5.26 Å². The number of aromatic nitrogens is 4. The molecule has 7 rings (SSSR count). The van der Waals surface area contributed by atoms with Gasteiger partial charge in [-0.2, -0.15) is 5.26 Å². The van der Waals surface area contributed by atoms with Crippen molar-refractivity contribution in [2.75, 3.05) is 57.5 Å². The number of nitrogens with one attached hydrogen (secondary N) is 4. The van der Waals surface area contributed by atoms with Gasteiger partial charge in [0.15, 0.2) is 5.82 Å². The predicted molar refractivity (Wildman–Crippen MR) is 241 cm³/mol. The number of thiophene rings is 1. The summed E-state index contributed by atoms with van der Waals surface area (Å²) >= 11 is 7.87. The lowest BCUT2D eigenvalue weighted by Crippen LogP contribution is -2.29. The van der Waals surface area contributed by atoms with Crippen LogP contribution in [0, 0.1) is 39.0 Å². The number of carbonyl (C=O) groups excluding carboxylic acids is 2. The number of anilines is 1. The summed E-state index contributed by atoms with van der Waals surface area (Å²) in [5.74, 6) is 0.767. The number of hydrogen-bond acceptors (Lipinski definition) is 12. The Morgan fingerprint density at radius 2 is 1.56 bits per heavy atom. The molecule has 1 atom stereocenters. The van der Waals surface area contributed by atoms with E-state index in [0.717, 1.165) is 38.8 Å². The number of fused-ring (bicyclic) bond motifs is 4. The number of ether oxygens (including phenoxy) is 3. The average Bonchev–Trinajstić information content (AvgIpc) is 3.94. The van der Waals surface area contributed by atoms with Gasteiger partial charge in [-0.25, -0.2) is 8.42 Å². The van der Waals surface area contributed by atoms with Crippen LogP contribution in [0.1, 0.15) is 67.2 Å². The largest absolute Gasteiger partial charge is 0.377 e. The Morgan fingerprint density at radius 3 is 2.24 bits per heavy atom. The Hall–Kier alpha value is -5.94. The van der Waals surface area contributed by atoms with Crippen LogP contribution < -0.4 is 15.4 Å². The van der Waals surface area contributed by atoms with Crippen molar-refractivity contribution in [1.82, 2.24) is 30.4 Å². The number of nitrogens with zero attached hydrogens (tertiary/aromatic N) is 5. The molecule has 328 valence electrons. The van der Waals surface area contributed by atoms with Crippen LogP contribution in [0.15, 0.2) is 76.7 Å². The molecule has 0 radical (unpaired) electrons. The minimum Gasteiger partial charge on any atom is -0.377 e. The van der Waals surface area contributed by atoms with Crippen molar-refractivity contribution in [3.05, 3.63) is 122 Å². The average molecular weight is 912 g/mol. The molecule has 63 heavy (non-hydrogen) atoms. The first-order valence-corrected chi connectivity index (χ1v) is 22.8. The second-order valence-corrected chi connectivity index (χ2v) is 18.0. The van der Waals surface area contributed by atoms with Gasteiger partial charge in [0.2, 0.25) is 5.91 Å². The first kappa shape index (κ1) is 45.1. The van der Waals surface area contributed by atoms with Crippen molar-refractivity contribution >= 4 is 67.1 Å². The topological polar surface area (TPSA) is 215 Å². The van der Waals surface area contributed by atoms with Gasteiger partial charge in [-0.15, -0.1) is 21.5 Å². The Kier molecular flexibility index (Phi) is 14.4. The standard InChI is InChI=1S/C44H46ClN9O7S2/c1-26-5-14-35(41-38(26)32(24-46)25-49-41)53-63(57,58)34-12-8-31(9-13-34)43(56)48-16-18-60-20-22-61-21-19-59-17-15-47-37(55)23-36-42-52-51-29(4)54(42)44-39(27(2)28(3)62-44)40(50-36)30-6-10-33(45)11-7-30/h5-14,25,36,49,53H,15-23H2,1-4H3,(H,47,55)(H,48,56)/t36-/m0/s1. The van der Waals surface area contributed by atoms with Gasteiger partial charge in [0.25, 0.3) is 15.9 Å². The molecule has 1 aliphatic rings. The minimum atomic E-state index is -3.98. The zero-order chi connectivity index (χ0) is 44.7. The van der Waals surface area contributed by atoms with E-state index in [1.54, 1.807) is 29.7 Å². The van der Waals surface area contributed by atoms with E-state index in [0.29, 0.717) is 78.1 Å². The van der Waals surface area contributed by atoms with E-state index in [1.165, 1.54) is 29.1 Å². The number of aliphatic imine (C=N–C) groups is 1. The number of amides is 2. The molecule has 4 N–H and O–H groups in total. The van der Waals surface area contributed by atoms with Crippen LogP contribution in [0.4, 0.5) is 5.69 Å². The van der Waals surface area contributed by atoms with Crippen molar-refractivity contribution in [3.8, 4) is 11.1 Å². The number of rotatable bonds is 19. The molecule has 4 heterocycles. The number of hydrogen-bond donors (Lipinski definition) is 4. The van der Waals surface area contributed by atoms with E-state index >= 15 is 0 Å². The molecule has 0 aliphatic carbocycles. The van der Waals surface area contributed by atoms with Crippen LogP contribution in [0.5, 0.6) is 0 Å². The van der Waals surface area contributed by atoms with Crippen LogP contribution in [0.2, 0.25) is 5.02 Å². The van der Waals surface area contributed by atoms with Crippen molar-refractivity contribution < 1.29 is 32.2 Å². The zero-order valence-electron chi connectivity index (χ0n) is 35.1. The molecule has 0 saturated heterocycles. The lowest BCUT2D eigenvalue weighted by molar-refractivity contribution is -0.121. The molecule has 0 bridgehead atoms. The fraction of sp³-hybridized carbons (Fsp3) is 0.318. The molecule has 0 saturated carbocycles. The maximum absolute atomic E-state index is 13.2. The highest BCUT2D eigenvalue weighted by molar-refractivity contribution is 7.92. The van der Waals surface area contributed by atoms with Gasteiger partial charge >= 0.3 is 0 Å². The molecule has 16 nitrogen and oxygen atoms in total. The van der Waals surface area contributed by atoms with Gasteiger partial charge < -0.3 is 29.8 Å².